The van der Waals surface area contributed by atoms with Crippen LogP contribution >= 0.6 is 0 Å². The van der Waals surface area contributed by atoms with Crippen LogP contribution in [0, 0.1) is 23.7 Å². The third-order valence-corrected chi connectivity index (χ3v) is 6.15. The average molecular weight is 259 g/mol. The van der Waals surface area contributed by atoms with Crippen LogP contribution in [0.5, 0.6) is 5.75 Å². The molecule has 2 heteroatoms. The molecule has 0 radical (unpaired) electrons. The Balaban J connectivity index is 1.88. The second-order valence-corrected chi connectivity index (χ2v) is 7.26. The van der Waals surface area contributed by atoms with Gasteiger partial charge in [-0.1, -0.05) is 26.8 Å². The minimum atomic E-state index is 0.286. The van der Waals surface area contributed by atoms with E-state index in [1.165, 1.54) is 24.8 Å². The lowest BCUT2D eigenvalue weighted by atomic mass is 9.70. The Kier molecular flexibility index (Phi) is 2.64. The van der Waals surface area contributed by atoms with Crippen molar-refractivity contribution in [3.8, 4) is 5.75 Å². The lowest BCUT2D eigenvalue weighted by molar-refractivity contribution is 0.0306. The van der Waals surface area contributed by atoms with Gasteiger partial charge in [-0.15, -0.1) is 0 Å². The van der Waals surface area contributed by atoms with Gasteiger partial charge < -0.3 is 10.5 Å². The second kappa shape index (κ2) is 3.91. The summed E-state index contributed by atoms with van der Waals surface area (Å²) in [6.45, 7) is 9.30. The first kappa shape index (κ1) is 12.8. The van der Waals surface area contributed by atoms with Crippen molar-refractivity contribution in [2.75, 3.05) is 5.73 Å². The first-order chi connectivity index (χ1) is 8.84. The predicted octanol–water partition coefficient (Wildman–Crippen LogP) is 4.17. The van der Waals surface area contributed by atoms with Gasteiger partial charge in [0, 0.05) is 5.41 Å². The summed E-state index contributed by atoms with van der Waals surface area (Å²) < 4.78 is 6.33. The van der Waals surface area contributed by atoms with Gasteiger partial charge in [-0.25, -0.2) is 0 Å². The number of fused-ring (bicyclic) bond motifs is 2. The van der Waals surface area contributed by atoms with E-state index in [0.29, 0.717) is 11.5 Å². The molecule has 2 aliphatic carbocycles. The molecule has 19 heavy (non-hydrogen) atoms. The van der Waals surface area contributed by atoms with Crippen LogP contribution in [-0.4, -0.2) is 6.10 Å². The molecule has 1 aromatic carbocycles. The quantitative estimate of drug-likeness (QED) is 0.809. The van der Waals surface area contributed by atoms with Gasteiger partial charge in [-0.05, 0) is 55.2 Å². The second-order valence-electron chi connectivity index (χ2n) is 7.26. The minimum Gasteiger partial charge on any atom is -0.488 e. The smallest absolute Gasteiger partial charge is 0.142 e. The molecule has 0 aromatic heterocycles. The molecule has 2 N–H and O–H groups in total. The van der Waals surface area contributed by atoms with E-state index in [-0.39, 0.29) is 5.41 Å². The zero-order valence-electron chi connectivity index (χ0n) is 12.5. The van der Waals surface area contributed by atoms with Crippen LogP contribution in [0.3, 0.4) is 0 Å². The Labute approximate surface area is 116 Å². The van der Waals surface area contributed by atoms with Gasteiger partial charge >= 0.3 is 0 Å². The standard InChI is InChI=1S/C17H25NO/c1-11-5-6-13(18)14(9-11)19-15-10-12-7-8-17(15,4)16(12,2)3/h5-6,9,12,15H,7-8,10,18H2,1-4H3. The third kappa shape index (κ3) is 1.69. The van der Waals surface area contributed by atoms with E-state index in [9.17, 15) is 0 Å². The number of aryl methyl sites for hydroxylation is 1. The highest BCUT2D eigenvalue weighted by Gasteiger charge is 2.62. The number of hydrogen-bond acceptors (Lipinski definition) is 2. The molecule has 0 heterocycles. The van der Waals surface area contributed by atoms with E-state index in [1.54, 1.807) is 0 Å². The van der Waals surface area contributed by atoms with Crippen LogP contribution in [0.4, 0.5) is 5.69 Å². The molecule has 104 valence electrons. The monoisotopic (exact) mass is 259 g/mol. The summed E-state index contributed by atoms with van der Waals surface area (Å²) in [5.74, 6) is 1.67. The van der Waals surface area contributed by atoms with Crippen molar-refractivity contribution in [3.63, 3.8) is 0 Å². The van der Waals surface area contributed by atoms with Crippen LogP contribution in [0.1, 0.15) is 45.6 Å². The van der Waals surface area contributed by atoms with Crippen LogP contribution in [-0.2, 0) is 0 Å². The molecule has 3 unspecified atom stereocenters. The summed E-state index contributed by atoms with van der Waals surface area (Å²) in [4.78, 5) is 0. The zero-order chi connectivity index (χ0) is 13.8. The van der Waals surface area contributed by atoms with Crippen molar-refractivity contribution in [1.29, 1.82) is 0 Å². The van der Waals surface area contributed by atoms with Gasteiger partial charge in [0.1, 0.15) is 11.9 Å². The van der Waals surface area contributed by atoms with Crippen molar-refractivity contribution < 1.29 is 4.74 Å². The highest BCUT2D eigenvalue weighted by atomic mass is 16.5. The van der Waals surface area contributed by atoms with E-state index in [4.69, 9.17) is 10.5 Å². The molecule has 0 aliphatic heterocycles. The fraction of sp³-hybridized carbons (Fsp3) is 0.647. The maximum atomic E-state index is 6.33. The minimum absolute atomic E-state index is 0.286. The summed E-state index contributed by atoms with van der Waals surface area (Å²) >= 11 is 0. The fourth-order valence-electron chi connectivity index (χ4n) is 4.21. The lowest BCUT2D eigenvalue weighted by Crippen LogP contribution is -2.39. The van der Waals surface area contributed by atoms with E-state index in [1.807, 2.05) is 12.1 Å². The number of nitrogens with two attached hydrogens (primary N) is 1. The predicted molar refractivity (Wildman–Crippen MR) is 79.2 cm³/mol. The Morgan fingerprint density at radius 2 is 2.00 bits per heavy atom. The summed E-state index contributed by atoms with van der Waals surface area (Å²) in [6, 6.07) is 6.05. The van der Waals surface area contributed by atoms with E-state index >= 15 is 0 Å². The van der Waals surface area contributed by atoms with Crippen LogP contribution < -0.4 is 10.5 Å². The number of hydrogen-bond donors (Lipinski definition) is 1. The molecule has 0 spiro atoms. The summed E-state index contributed by atoms with van der Waals surface area (Å²) in [6.07, 6.45) is 4.12. The maximum Gasteiger partial charge on any atom is 0.142 e. The molecule has 0 amide bonds. The topological polar surface area (TPSA) is 35.2 Å². The Morgan fingerprint density at radius 3 is 2.58 bits per heavy atom. The van der Waals surface area contributed by atoms with E-state index < -0.39 is 0 Å². The fourth-order valence-corrected chi connectivity index (χ4v) is 4.21. The first-order valence-electron chi connectivity index (χ1n) is 7.37. The van der Waals surface area contributed by atoms with Crippen molar-refractivity contribution in [2.45, 2.75) is 53.1 Å². The SMILES string of the molecule is Cc1ccc(N)c(OC2CC3CCC2(C)C3(C)C)c1. The Bertz CT molecular complexity index is 508. The average Bonchev–Trinajstić information content (AvgIpc) is 2.67. The Morgan fingerprint density at radius 1 is 1.26 bits per heavy atom. The molecule has 2 aliphatic rings. The molecular formula is C17H25NO. The summed E-state index contributed by atoms with van der Waals surface area (Å²) in [5.41, 5.74) is 8.69. The van der Waals surface area contributed by atoms with E-state index in [0.717, 1.165) is 17.4 Å². The van der Waals surface area contributed by atoms with Gasteiger partial charge in [-0.3, -0.25) is 0 Å². The molecule has 3 rings (SSSR count). The van der Waals surface area contributed by atoms with Gasteiger partial charge in [0.05, 0.1) is 5.69 Å². The largest absolute Gasteiger partial charge is 0.488 e. The maximum absolute atomic E-state index is 6.33. The lowest BCUT2D eigenvalue weighted by Gasteiger charge is -2.39. The highest BCUT2D eigenvalue weighted by Crippen LogP contribution is 2.66. The normalized spacial score (nSPS) is 35.6. The number of nitrogen functional groups attached to an aromatic ring is 1. The van der Waals surface area contributed by atoms with Crippen molar-refractivity contribution in [1.82, 2.24) is 0 Å². The number of benzene rings is 1. The van der Waals surface area contributed by atoms with Crippen LogP contribution in [0.15, 0.2) is 18.2 Å². The highest BCUT2D eigenvalue weighted by molar-refractivity contribution is 5.54. The molecule has 2 fully saturated rings. The van der Waals surface area contributed by atoms with Crippen LogP contribution in [0.25, 0.3) is 0 Å². The number of anilines is 1. The molecule has 3 atom stereocenters. The van der Waals surface area contributed by atoms with Crippen molar-refractivity contribution >= 4 is 5.69 Å². The zero-order valence-corrected chi connectivity index (χ0v) is 12.5. The molecule has 2 bridgehead atoms. The van der Waals surface area contributed by atoms with Crippen molar-refractivity contribution in [3.05, 3.63) is 23.8 Å². The third-order valence-electron chi connectivity index (χ3n) is 6.15. The van der Waals surface area contributed by atoms with Crippen molar-refractivity contribution in [2.24, 2.45) is 16.7 Å². The van der Waals surface area contributed by atoms with Crippen LogP contribution in [0.2, 0.25) is 0 Å². The number of rotatable bonds is 2. The summed E-state index contributed by atoms with van der Waals surface area (Å²) in [7, 11) is 0. The first-order valence-corrected chi connectivity index (χ1v) is 7.37. The van der Waals surface area contributed by atoms with E-state index in [2.05, 4.69) is 33.8 Å². The molecule has 1 aromatic rings. The van der Waals surface area contributed by atoms with Gasteiger partial charge in [0.25, 0.3) is 0 Å². The van der Waals surface area contributed by atoms with Gasteiger partial charge in [-0.2, -0.15) is 0 Å². The number of ether oxygens (including phenoxy) is 1. The molecule has 2 nitrogen and oxygen atoms in total. The Hall–Kier alpha value is -1.18. The molecular weight excluding hydrogens is 234 g/mol. The summed E-state index contributed by atoms with van der Waals surface area (Å²) in [5, 5.41) is 0. The van der Waals surface area contributed by atoms with Gasteiger partial charge in [0.2, 0.25) is 0 Å². The molecule has 0 saturated heterocycles. The molecule has 2 saturated carbocycles. The van der Waals surface area contributed by atoms with Gasteiger partial charge in [0.15, 0.2) is 0 Å².